The summed E-state index contributed by atoms with van der Waals surface area (Å²) < 4.78 is 11.5. The summed E-state index contributed by atoms with van der Waals surface area (Å²) in [5.41, 5.74) is 1.27. The Balaban J connectivity index is 1.74. The highest BCUT2D eigenvalue weighted by atomic mass is 16.5. The number of allylic oxidation sites excluding steroid dienone is 3. The second-order valence-electron chi connectivity index (χ2n) is 9.36. The highest BCUT2D eigenvalue weighted by molar-refractivity contribution is 5.72. The molecule has 2 aliphatic carbocycles. The topological polar surface area (TPSA) is 72.8 Å². The molecule has 0 aromatic rings. The first kappa shape index (κ1) is 22.1. The second kappa shape index (κ2) is 9.46. The number of fused-ring (bicyclic) bond motifs is 1. The monoisotopic (exact) mass is 404 g/mol. The minimum Gasteiger partial charge on any atom is -0.462 e. The number of carbonyl (C=O) groups excluding carboxylic acids is 2. The Morgan fingerprint density at radius 1 is 1.31 bits per heavy atom. The van der Waals surface area contributed by atoms with Crippen molar-refractivity contribution in [3.8, 4) is 0 Å². The van der Waals surface area contributed by atoms with Gasteiger partial charge in [-0.15, -0.1) is 0 Å². The largest absolute Gasteiger partial charge is 0.462 e. The minimum absolute atomic E-state index is 0.0854. The molecule has 0 aromatic carbocycles. The Kier molecular flexibility index (Phi) is 7.20. The molecule has 2 unspecified atom stereocenters. The zero-order chi connectivity index (χ0) is 21.1. The van der Waals surface area contributed by atoms with Crippen LogP contribution in [-0.2, 0) is 19.1 Å². The standard InChI is InChI=1S/C24H36O5/c1-5-15(3)24(27)29-21-11-14(2)10-17-7-6-16(4)20(23(17)21)9-8-19-12-18(25)13-22(26)28-19/h6-7,10,14-16,18-21,23,25H,5,8-9,11-13H2,1-4H3/t14-,15+,16-,18+,19?,20-,21-,23?/m1/s1. The van der Waals surface area contributed by atoms with E-state index >= 15 is 0 Å². The van der Waals surface area contributed by atoms with Crippen molar-refractivity contribution in [2.24, 2.45) is 29.6 Å². The molecular formula is C24H36O5. The SMILES string of the molecule is CC[C@H](C)C(=O)O[C@@H]1C[C@H](C)C=C2C=C[C@@H](C)[C@@H](CCC3C[C@H](O)CC(=O)O3)C21. The summed E-state index contributed by atoms with van der Waals surface area (Å²) in [5.74, 6) is 0.755. The highest BCUT2D eigenvalue weighted by Gasteiger charge is 2.42. The van der Waals surface area contributed by atoms with E-state index in [2.05, 4.69) is 32.1 Å². The number of cyclic esters (lactones) is 1. The third-order valence-electron chi connectivity index (χ3n) is 6.93. The van der Waals surface area contributed by atoms with Crippen LogP contribution in [0, 0.1) is 29.6 Å². The van der Waals surface area contributed by atoms with Crippen LogP contribution < -0.4 is 0 Å². The van der Waals surface area contributed by atoms with Gasteiger partial charge in [-0.3, -0.25) is 9.59 Å². The number of aliphatic hydroxyl groups excluding tert-OH is 1. The zero-order valence-electron chi connectivity index (χ0n) is 18.2. The van der Waals surface area contributed by atoms with Crippen molar-refractivity contribution >= 4 is 11.9 Å². The van der Waals surface area contributed by atoms with Crippen LogP contribution in [0.15, 0.2) is 23.8 Å². The van der Waals surface area contributed by atoms with E-state index < -0.39 is 6.10 Å². The van der Waals surface area contributed by atoms with Crippen molar-refractivity contribution in [3.63, 3.8) is 0 Å². The van der Waals surface area contributed by atoms with Crippen LogP contribution in [0.25, 0.3) is 0 Å². The van der Waals surface area contributed by atoms with Gasteiger partial charge in [0.2, 0.25) is 0 Å². The summed E-state index contributed by atoms with van der Waals surface area (Å²) in [6.45, 7) is 8.33. The van der Waals surface area contributed by atoms with Gasteiger partial charge in [0.1, 0.15) is 12.2 Å². The van der Waals surface area contributed by atoms with Crippen LogP contribution >= 0.6 is 0 Å². The summed E-state index contributed by atoms with van der Waals surface area (Å²) in [5, 5.41) is 9.89. The molecule has 5 heteroatoms. The maximum Gasteiger partial charge on any atom is 0.308 e. The highest BCUT2D eigenvalue weighted by Crippen LogP contribution is 2.45. The van der Waals surface area contributed by atoms with E-state index in [1.807, 2.05) is 13.8 Å². The molecule has 3 rings (SSSR count). The van der Waals surface area contributed by atoms with Crippen LogP contribution in [0.1, 0.15) is 66.2 Å². The molecule has 1 N–H and O–H groups in total. The Labute approximate surface area is 174 Å². The van der Waals surface area contributed by atoms with Gasteiger partial charge in [-0.1, -0.05) is 45.9 Å². The van der Waals surface area contributed by atoms with Crippen LogP contribution in [0.4, 0.5) is 0 Å². The van der Waals surface area contributed by atoms with Gasteiger partial charge in [-0.25, -0.2) is 0 Å². The Bertz CT molecular complexity index is 666. The molecule has 8 atom stereocenters. The van der Waals surface area contributed by atoms with Gasteiger partial charge in [0.15, 0.2) is 0 Å². The van der Waals surface area contributed by atoms with Crippen molar-refractivity contribution in [3.05, 3.63) is 23.8 Å². The molecule has 162 valence electrons. The van der Waals surface area contributed by atoms with Crippen molar-refractivity contribution in [1.29, 1.82) is 0 Å². The van der Waals surface area contributed by atoms with E-state index in [4.69, 9.17) is 9.47 Å². The van der Waals surface area contributed by atoms with Gasteiger partial charge >= 0.3 is 11.9 Å². The Morgan fingerprint density at radius 2 is 2.07 bits per heavy atom. The molecule has 0 amide bonds. The van der Waals surface area contributed by atoms with Crippen LogP contribution in [0.2, 0.25) is 0 Å². The average Bonchev–Trinajstić information content (AvgIpc) is 2.65. The van der Waals surface area contributed by atoms with E-state index in [9.17, 15) is 14.7 Å². The average molecular weight is 405 g/mol. The van der Waals surface area contributed by atoms with Crippen molar-refractivity contribution < 1.29 is 24.2 Å². The van der Waals surface area contributed by atoms with Gasteiger partial charge in [0, 0.05) is 12.3 Å². The van der Waals surface area contributed by atoms with Gasteiger partial charge in [-0.2, -0.15) is 0 Å². The Morgan fingerprint density at radius 3 is 2.76 bits per heavy atom. The molecule has 0 bridgehead atoms. The van der Waals surface area contributed by atoms with E-state index in [0.717, 1.165) is 25.7 Å². The molecule has 1 heterocycles. The molecule has 5 nitrogen and oxygen atoms in total. The lowest BCUT2D eigenvalue weighted by atomic mass is 9.65. The van der Waals surface area contributed by atoms with Crippen molar-refractivity contribution in [2.75, 3.05) is 0 Å². The third kappa shape index (κ3) is 5.30. The maximum absolute atomic E-state index is 12.5. The summed E-state index contributed by atoms with van der Waals surface area (Å²) in [6.07, 6.45) is 9.70. The van der Waals surface area contributed by atoms with E-state index in [0.29, 0.717) is 24.2 Å². The molecule has 0 spiro atoms. The number of hydrogen-bond donors (Lipinski definition) is 1. The molecule has 0 radical (unpaired) electrons. The predicted molar refractivity (Wildman–Crippen MR) is 111 cm³/mol. The van der Waals surface area contributed by atoms with E-state index in [1.165, 1.54) is 5.57 Å². The number of aliphatic hydroxyl groups is 1. The number of ether oxygens (including phenoxy) is 2. The van der Waals surface area contributed by atoms with Crippen LogP contribution in [0.5, 0.6) is 0 Å². The Hall–Kier alpha value is -1.62. The first-order chi connectivity index (χ1) is 13.8. The van der Waals surface area contributed by atoms with E-state index in [1.54, 1.807) is 0 Å². The third-order valence-corrected chi connectivity index (χ3v) is 6.93. The zero-order valence-corrected chi connectivity index (χ0v) is 18.2. The van der Waals surface area contributed by atoms with Crippen LogP contribution in [0.3, 0.4) is 0 Å². The van der Waals surface area contributed by atoms with E-state index in [-0.39, 0.29) is 42.4 Å². The molecular weight excluding hydrogens is 368 g/mol. The number of rotatable bonds is 6. The molecule has 3 aliphatic rings. The summed E-state index contributed by atoms with van der Waals surface area (Å²) in [7, 11) is 0. The number of esters is 2. The lowest BCUT2D eigenvalue weighted by molar-refractivity contribution is -0.162. The van der Waals surface area contributed by atoms with Gasteiger partial charge < -0.3 is 14.6 Å². The number of carbonyl (C=O) groups is 2. The van der Waals surface area contributed by atoms with Gasteiger partial charge in [-0.05, 0) is 49.0 Å². The molecule has 1 saturated heterocycles. The summed E-state index contributed by atoms with van der Waals surface area (Å²) >= 11 is 0. The number of hydrogen-bond acceptors (Lipinski definition) is 5. The van der Waals surface area contributed by atoms with Gasteiger partial charge in [0.25, 0.3) is 0 Å². The molecule has 1 fully saturated rings. The summed E-state index contributed by atoms with van der Waals surface area (Å²) in [4.78, 5) is 24.2. The summed E-state index contributed by atoms with van der Waals surface area (Å²) in [6, 6.07) is 0. The maximum atomic E-state index is 12.5. The van der Waals surface area contributed by atoms with Crippen molar-refractivity contribution in [2.45, 2.75) is 84.5 Å². The molecule has 0 saturated carbocycles. The fourth-order valence-corrected chi connectivity index (χ4v) is 5.07. The lowest BCUT2D eigenvalue weighted by Gasteiger charge is -2.43. The van der Waals surface area contributed by atoms with Gasteiger partial charge in [0.05, 0.1) is 18.4 Å². The quantitative estimate of drug-likeness (QED) is 0.672. The van der Waals surface area contributed by atoms with Crippen LogP contribution in [-0.4, -0.2) is 35.4 Å². The van der Waals surface area contributed by atoms with Crippen molar-refractivity contribution in [1.82, 2.24) is 0 Å². The smallest absolute Gasteiger partial charge is 0.308 e. The first-order valence-corrected chi connectivity index (χ1v) is 11.3. The lowest BCUT2D eigenvalue weighted by Crippen LogP contribution is -2.42. The molecule has 29 heavy (non-hydrogen) atoms. The molecule has 0 aromatic heterocycles. The first-order valence-electron chi connectivity index (χ1n) is 11.3. The minimum atomic E-state index is -0.597. The fraction of sp³-hybridized carbons (Fsp3) is 0.750. The predicted octanol–water partition coefficient (Wildman–Crippen LogP) is 4.20. The molecule has 1 aliphatic heterocycles. The second-order valence-corrected chi connectivity index (χ2v) is 9.36. The normalized spacial score (nSPS) is 37.9. The fourth-order valence-electron chi connectivity index (χ4n) is 5.07.